The van der Waals surface area contributed by atoms with E-state index in [1.165, 1.54) is 30.2 Å². The summed E-state index contributed by atoms with van der Waals surface area (Å²) in [7, 11) is 0. The van der Waals surface area contributed by atoms with Crippen molar-refractivity contribution < 1.29 is 18.0 Å². The van der Waals surface area contributed by atoms with Crippen LogP contribution in [0.5, 0.6) is 0 Å². The molecule has 0 radical (unpaired) electrons. The Morgan fingerprint density at radius 3 is 2.57 bits per heavy atom. The van der Waals surface area contributed by atoms with Crippen LogP contribution in [0.2, 0.25) is 0 Å². The van der Waals surface area contributed by atoms with Gasteiger partial charge in [-0.25, -0.2) is 4.98 Å². The molecule has 0 bridgehead atoms. The number of nitrogens with one attached hydrogen (secondary N) is 2. The molecule has 1 aromatic carbocycles. The van der Waals surface area contributed by atoms with Crippen molar-refractivity contribution in [1.29, 1.82) is 0 Å². The van der Waals surface area contributed by atoms with Crippen LogP contribution in [-0.2, 0) is 5.75 Å². The molecule has 0 fully saturated rings. The van der Waals surface area contributed by atoms with E-state index >= 15 is 0 Å². The summed E-state index contributed by atoms with van der Waals surface area (Å²) in [5, 5.41) is 8.90. The Bertz CT molecular complexity index is 584. The van der Waals surface area contributed by atoms with Crippen LogP contribution in [0.25, 0.3) is 0 Å². The lowest BCUT2D eigenvalue weighted by Gasteiger charge is -2.08. The highest BCUT2D eigenvalue weighted by molar-refractivity contribution is 7.98. The lowest BCUT2D eigenvalue weighted by molar-refractivity contribution is -0.123. The summed E-state index contributed by atoms with van der Waals surface area (Å²) in [4.78, 5) is 15.5. The topological polar surface area (TPSA) is 70.7 Å². The minimum absolute atomic E-state index is 0.188. The molecular formula is C12H11F3N4OS. The van der Waals surface area contributed by atoms with E-state index in [1.807, 2.05) is 5.32 Å². The summed E-state index contributed by atoms with van der Waals surface area (Å²) in [6, 6.07) is 6.35. The molecule has 2 aromatic rings. The molecule has 112 valence electrons. The Kier molecular flexibility index (Phi) is 4.84. The second-order valence-electron chi connectivity index (χ2n) is 4.07. The van der Waals surface area contributed by atoms with Crippen molar-refractivity contribution in [3.8, 4) is 0 Å². The lowest BCUT2D eigenvalue weighted by atomic mass is 10.1. The predicted molar refractivity (Wildman–Crippen MR) is 70.8 cm³/mol. The van der Waals surface area contributed by atoms with Crippen molar-refractivity contribution in [3.63, 3.8) is 0 Å². The first-order valence-corrected chi connectivity index (χ1v) is 6.85. The van der Waals surface area contributed by atoms with Crippen LogP contribution in [0, 0.1) is 0 Å². The molecule has 0 aliphatic carbocycles. The number of carbonyl (C=O) groups is 1. The number of alkyl halides is 3. The molecular weight excluding hydrogens is 305 g/mol. The van der Waals surface area contributed by atoms with E-state index < -0.39 is 18.6 Å². The molecule has 9 heteroatoms. The summed E-state index contributed by atoms with van der Waals surface area (Å²) in [6.07, 6.45) is -3.01. The molecule has 1 amide bonds. The van der Waals surface area contributed by atoms with E-state index in [9.17, 15) is 18.0 Å². The molecule has 0 saturated heterocycles. The molecule has 5 nitrogen and oxygen atoms in total. The van der Waals surface area contributed by atoms with Crippen LogP contribution in [0.1, 0.15) is 15.9 Å². The van der Waals surface area contributed by atoms with Gasteiger partial charge in [0.1, 0.15) is 12.9 Å². The first-order chi connectivity index (χ1) is 9.94. The van der Waals surface area contributed by atoms with Crippen molar-refractivity contribution in [2.75, 3.05) is 6.54 Å². The van der Waals surface area contributed by atoms with E-state index in [0.717, 1.165) is 5.56 Å². The average molecular weight is 316 g/mol. The first kappa shape index (κ1) is 15.4. The number of aromatic nitrogens is 3. The quantitative estimate of drug-likeness (QED) is 0.831. The van der Waals surface area contributed by atoms with Crippen molar-refractivity contribution in [3.05, 3.63) is 41.7 Å². The number of rotatable bonds is 5. The number of carbonyl (C=O) groups excluding carboxylic acids is 1. The SMILES string of the molecule is O=C(NCC(F)(F)F)c1ccc(CSc2ncn[nH]2)cc1. The zero-order valence-corrected chi connectivity index (χ0v) is 11.5. The van der Waals surface area contributed by atoms with Gasteiger partial charge in [-0.05, 0) is 17.7 Å². The molecule has 0 spiro atoms. The van der Waals surface area contributed by atoms with Crippen molar-refractivity contribution >= 4 is 17.7 Å². The third kappa shape index (κ3) is 5.10. The summed E-state index contributed by atoms with van der Waals surface area (Å²) < 4.78 is 36.0. The van der Waals surface area contributed by atoms with Crippen molar-refractivity contribution in [1.82, 2.24) is 20.5 Å². The van der Waals surface area contributed by atoms with Crippen LogP contribution < -0.4 is 5.32 Å². The number of halogens is 3. The number of amides is 1. The van der Waals surface area contributed by atoms with Gasteiger partial charge >= 0.3 is 6.18 Å². The smallest absolute Gasteiger partial charge is 0.343 e. The Hall–Kier alpha value is -2.03. The maximum absolute atomic E-state index is 12.0. The van der Waals surface area contributed by atoms with Gasteiger partial charge in [-0.1, -0.05) is 23.9 Å². The minimum Gasteiger partial charge on any atom is -0.343 e. The first-order valence-electron chi connectivity index (χ1n) is 5.86. The molecule has 21 heavy (non-hydrogen) atoms. The summed E-state index contributed by atoms with van der Waals surface area (Å²) >= 11 is 1.43. The monoisotopic (exact) mass is 316 g/mol. The fraction of sp³-hybridized carbons (Fsp3) is 0.250. The van der Waals surface area contributed by atoms with Gasteiger partial charge in [0.25, 0.3) is 5.91 Å². The van der Waals surface area contributed by atoms with Gasteiger partial charge in [-0.2, -0.15) is 18.3 Å². The maximum atomic E-state index is 12.0. The number of nitrogens with zero attached hydrogens (tertiary/aromatic N) is 2. The average Bonchev–Trinajstić information content (AvgIpc) is 2.95. The molecule has 0 saturated carbocycles. The van der Waals surface area contributed by atoms with E-state index in [2.05, 4.69) is 15.2 Å². The summed E-state index contributed by atoms with van der Waals surface area (Å²) in [6.45, 7) is -1.34. The third-order valence-corrected chi connectivity index (χ3v) is 3.38. The largest absolute Gasteiger partial charge is 0.405 e. The van der Waals surface area contributed by atoms with E-state index in [4.69, 9.17) is 0 Å². The van der Waals surface area contributed by atoms with Crippen molar-refractivity contribution in [2.24, 2.45) is 0 Å². The number of benzene rings is 1. The van der Waals surface area contributed by atoms with Gasteiger partial charge in [0.15, 0.2) is 5.16 Å². The second kappa shape index (κ2) is 6.61. The fourth-order valence-electron chi connectivity index (χ4n) is 1.45. The lowest BCUT2D eigenvalue weighted by Crippen LogP contribution is -2.33. The normalized spacial score (nSPS) is 11.4. The Morgan fingerprint density at radius 1 is 1.29 bits per heavy atom. The third-order valence-electron chi connectivity index (χ3n) is 2.43. The minimum atomic E-state index is -4.41. The van der Waals surface area contributed by atoms with Gasteiger partial charge < -0.3 is 5.32 Å². The molecule has 2 rings (SSSR count). The van der Waals surface area contributed by atoms with Crippen LogP contribution in [0.15, 0.2) is 35.7 Å². The Labute approximate surface area is 122 Å². The van der Waals surface area contributed by atoms with Crippen LogP contribution in [-0.4, -0.2) is 33.8 Å². The number of thioether (sulfide) groups is 1. The summed E-state index contributed by atoms with van der Waals surface area (Å²) in [5.74, 6) is -0.138. The number of hydrogen-bond donors (Lipinski definition) is 2. The van der Waals surface area contributed by atoms with E-state index in [1.54, 1.807) is 12.1 Å². The van der Waals surface area contributed by atoms with Gasteiger partial charge in [0.2, 0.25) is 0 Å². The highest BCUT2D eigenvalue weighted by Crippen LogP contribution is 2.18. The number of hydrogen-bond acceptors (Lipinski definition) is 4. The molecule has 2 N–H and O–H groups in total. The maximum Gasteiger partial charge on any atom is 0.405 e. The number of H-pyrrole nitrogens is 1. The van der Waals surface area contributed by atoms with Gasteiger partial charge in [0, 0.05) is 11.3 Å². The second-order valence-corrected chi connectivity index (χ2v) is 5.04. The zero-order valence-electron chi connectivity index (χ0n) is 10.6. The molecule has 0 atom stereocenters. The summed E-state index contributed by atoms with van der Waals surface area (Å²) in [5.41, 5.74) is 1.11. The highest BCUT2D eigenvalue weighted by Gasteiger charge is 2.27. The van der Waals surface area contributed by atoms with E-state index in [0.29, 0.717) is 10.9 Å². The van der Waals surface area contributed by atoms with Gasteiger partial charge in [-0.15, -0.1) is 0 Å². The molecule has 1 aromatic heterocycles. The highest BCUT2D eigenvalue weighted by atomic mass is 32.2. The molecule has 0 aliphatic rings. The van der Waals surface area contributed by atoms with Crippen molar-refractivity contribution in [2.45, 2.75) is 17.1 Å². The fourth-order valence-corrected chi connectivity index (χ4v) is 2.19. The van der Waals surface area contributed by atoms with Crippen LogP contribution >= 0.6 is 11.8 Å². The van der Waals surface area contributed by atoms with Crippen LogP contribution in [0.3, 0.4) is 0 Å². The van der Waals surface area contributed by atoms with Gasteiger partial charge in [-0.3, -0.25) is 9.89 Å². The predicted octanol–water partition coefficient (Wildman–Crippen LogP) is 2.39. The number of aromatic amines is 1. The molecule has 0 aliphatic heterocycles. The molecule has 1 heterocycles. The standard InChI is InChI=1S/C12H11F3N4OS/c13-12(14,15)6-16-10(20)9-3-1-8(2-4-9)5-21-11-17-7-18-19-11/h1-4,7H,5-6H2,(H,16,20)(H,17,18,19). The van der Waals surface area contributed by atoms with E-state index in [-0.39, 0.29) is 5.56 Å². The molecule has 0 unspecified atom stereocenters. The zero-order chi connectivity index (χ0) is 15.3. The Morgan fingerprint density at radius 2 is 2.00 bits per heavy atom. The van der Waals surface area contributed by atoms with Crippen LogP contribution in [0.4, 0.5) is 13.2 Å². The Balaban J connectivity index is 1.87. The van der Waals surface area contributed by atoms with Gasteiger partial charge in [0.05, 0.1) is 0 Å².